The Labute approximate surface area is 107 Å². The van der Waals surface area contributed by atoms with Gasteiger partial charge >= 0.3 is 0 Å². The molecule has 0 spiro atoms. The normalized spacial score (nSPS) is 12.2. The van der Waals surface area contributed by atoms with Gasteiger partial charge in [-0.3, -0.25) is 0 Å². The van der Waals surface area contributed by atoms with Crippen molar-refractivity contribution in [2.75, 3.05) is 23.8 Å². The van der Waals surface area contributed by atoms with Gasteiger partial charge in [0.1, 0.15) is 5.02 Å². The monoisotopic (exact) mass is 258 g/mol. The summed E-state index contributed by atoms with van der Waals surface area (Å²) >= 11 is 6.02. The van der Waals surface area contributed by atoms with E-state index in [4.69, 9.17) is 16.7 Å². The molecule has 0 aliphatic rings. The molecule has 1 heterocycles. The van der Waals surface area contributed by atoms with E-state index >= 15 is 0 Å². The predicted molar refractivity (Wildman–Crippen MR) is 70.6 cm³/mol. The first-order valence-corrected chi connectivity index (χ1v) is 6.22. The van der Waals surface area contributed by atoms with Gasteiger partial charge in [-0.1, -0.05) is 18.5 Å². The third-order valence-electron chi connectivity index (χ3n) is 2.39. The number of anilines is 2. The molecule has 1 aromatic heterocycles. The molecule has 0 aliphatic heterocycles. The van der Waals surface area contributed by atoms with E-state index in [9.17, 15) is 0 Å². The molecule has 96 valence electrons. The molecule has 0 saturated carbocycles. The van der Waals surface area contributed by atoms with Gasteiger partial charge in [-0.05, 0) is 19.8 Å². The average Bonchev–Trinajstić information content (AvgIpc) is 2.33. The number of aromatic nitrogens is 2. The summed E-state index contributed by atoms with van der Waals surface area (Å²) in [6, 6.07) is 0.168. The molecule has 0 saturated heterocycles. The lowest BCUT2D eigenvalue weighted by Gasteiger charge is -2.17. The van der Waals surface area contributed by atoms with Crippen molar-refractivity contribution in [3.63, 3.8) is 0 Å². The minimum atomic E-state index is 0.147. The lowest BCUT2D eigenvalue weighted by Crippen LogP contribution is -2.21. The Morgan fingerprint density at radius 2 is 2.24 bits per heavy atom. The highest BCUT2D eigenvalue weighted by Gasteiger charge is 2.10. The van der Waals surface area contributed by atoms with Crippen molar-refractivity contribution in [1.82, 2.24) is 9.97 Å². The van der Waals surface area contributed by atoms with Gasteiger partial charge < -0.3 is 15.7 Å². The highest BCUT2D eigenvalue weighted by Crippen LogP contribution is 2.21. The van der Waals surface area contributed by atoms with Crippen molar-refractivity contribution in [1.29, 1.82) is 0 Å². The van der Waals surface area contributed by atoms with E-state index in [0.29, 0.717) is 23.2 Å². The number of halogens is 1. The molecule has 0 amide bonds. The highest BCUT2D eigenvalue weighted by atomic mass is 35.5. The maximum Gasteiger partial charge on any atom is 0.224 e. The molecule has 6 heteroatoms. The topological polar surface area (TPSA) is 70.1 Å². The van der Waals surface area contributed by atoms with E-state index in [-0.39, 0.29) is 12.6 Å². The van der Waals surface area contributed by atoms with Crippen molar-refractivity contribution in [3.8, 4) is 0 Å². The van der Waals surface area contributed by atoms with Gasteiger partial charge in [-0.25, -0.2) is 4.98 Å². The van der Waals surface area contributed by atoms with E-state index in [1.54, 1.807) is 6.20 Å². The first kappa shape index (κ1) is 14.0. The molecule has 5 nitrogen and oxygen atoms in total. The minimum absolute atomic E-state index is 0.147. The van der Waals surface area contributed by atoms with E-state index in [2.05, 4.69) is 20.6 Å². The van der Waals surface area contributed by atoms with Gasteiger partial charge in [0, 0.05) is 19.2 Å². The summed E-state index contributed by atoms with van der Waals surface area (Å²) < 4.78 is 0. The Hall–Kier alpha value is -1.07. The van der Waals surface area contributed by atoms with Crippen LogP contribution in [0.4, 0.5) is 11.8 Å². The zero-order valence-electron chi connectivity index (χ0n) is 10.2. The third-order valence-corrected chi connectivity index (χ3v) is 2.67. The molecular weight excluding hydrogens is 240 g/mol. The Morgan fingerprint density at radius 3 is 2.82 bits per heavy atom. The quantitative estimate of drug-likeness (QED) is 0.699. The smallest absolute Gasteiger partial charge is 0.224 e. The molecular formula is C11H19ClN4O. The van der Waals surface area contributed by atoms with Gasteiger partial charge in [0.15, 0.2) is 5.82 Å². The maximum absolute atomic E-state index is 8.94. The molecule has 0 bridgehead atoms. The summed E-state index contributed by atoms with van der Waals surface area (Å²) in [7, 11) is 0. The molecule has 1 aromatic rings. The van der Waals surface area contributed by atoms with Crippen LogP contribution in [0.15, 0.2) is 6.20 Å². The van der Waals surface area contributed by atoms with Crippen LogP contribution in [0, 0.1) is 0 Å². The fourth-order valence-electron chi connectivity index (χ4n) is 1.44. The standard InChI is InChI=1S/C11H19ClN4O/c1-3-8(5-6-17)15-10-9(12)7-14-11(16-10)13-4-2/h7-8,17H,3-6H2,1-2H3,(H2,13,14,15,16). The van der Waals surface area contributed by atoms with Gasteiger partial charge in [-0.15, -0.1) is 0 Å². The summed E-state index contributed by atoms with van der Waals surface area (Å²) in [6.45, 7) is 4.93. The second kappa shape index (κ2) is 7.29. The first-order valence-electron chi connectivity index (χ1n) is 5.85. The van der Waals surface area contributed by atoms with Gasteiger partial charge in [0.25, 0.3) is 0 Å². The number of aliphatic hydroxyl groups excluding tert-OH is 1. The zero-order valence-corrected chi connectivity index (χ0v) is 11.0. The predicted octanol–water partition coefficient (Wildman–Crippen LogP) is 2.13. The van der Waals surface area contributed by atoms with Crippen LogP contribution in [-0.2, 0) is 0 Å². The van der Waals surface area contributed by atoms with E-state index in [0.717, 1.165) is 13.0 Å². The summed E-state index contributed by atoms with van der Waals surface area (Å²) in [5, 5.41) is 15.7. The van der Waals surface area contributed by atoms with Crippen molar-refractivity contribution in [2.24, 2.45) is 0 Å². The van der Waals surface area contributed by atoms with Crippen molar-refractivity contribution < 1.29 is 5.11 Å². The summed E-state index contributed by atoms with van der Waals surface area (Å²) in [5.74, 6) is 1.16. The molecule has 1 rings (SSSR count). The van der Waals surface area contributed by atoms with Crippen molar-refractivity contribution >= 4 is 23.4 Å². The fourth-order valence-corrected chi connectivity index (χ4v) is 1.58. The average molecular weight is 259 g/mol. The molecule has 17 heavy (non-hydrogen) atoms. The molecule has 1 unspecified atom stereocenters. The van der Waals surface area contributed by atoms with E-state index in [1.807, 2.05) is 13.8 Å². The molecule has 0 fully saturated rings. The number of nitrogens with zero attached hydrogens (tertiary/aromatic N) is 2. The summed E-state index contributed by atoms with van der Waals surface area (Å²) in [6.07, 6.45) is 3.14. The number of hydrogen-bond acceptors (Lipinski definition) is 5. The van der Waals surface area contributed by atoms with Crippen LogP contribution in [0.5, 0.6) is 0 Å². The second-order valence-electron chi connectivity index (χ2n) is 3.68. The van der Waals surface area contributed by atoms with Crippen LogP contribution in [0.1, 0.15) is 26.7 Å². The minimum Gasteiger partial charge on any atom is -0.396 e. The van der Waals surface area contributed by atoms with Crippen LogP contribution in [0.2, 0.25) is 5.02 Å². The number of nitrogens with one attached hydrogen (secondary N) is 2. The number of hydrogen-bond donors (Lipinski definition) is 3. The van der Waals surface area contributed by atoms with Crippen LogP contribution in [-0.4, -0.2) is 34.3 Å². The number of aliphatic hydroxyl groups is 1. The van der Waals surface area contributed by atoms with Gasteiger partial charge in [0.05, 0.1) is 6.20 Å². The molecule has 0 radical (unpaired) electrons. The Bertz CT molecular complexity index is 348. The van der Waals surface area contributed by atoms with Gasteiger partial charge in [-0.2, -0.15) is 4.98 Å². The molecule has 0 aliphatic carbocycles. The zero-order chi connectivity index (χ0) is 12.7. The van der Waals surface area contributed by atoms with Crippen LogP contribution in [0.25, 0.3) is 0 Å². The number of rotatable bonds is 7. The SMILES string of the molecule is CCNc1ncc(Cl)c(NC(CC)CCO)n1. The Kier molecular flexibility index (Phi) is 6.00. The van der Waals surface area contributed by atoms with Crippen LogP contribution in [0.3, 0.4) is 0 Å². The second-order valence-corrected chi connectivity index (χ2v) is 4.09. The van der Waals surface area contributed by atoms with Crippen LogP contribution < -0.4 is 10.6 Å². The lowest BCUT2D eigenvalue weighted by atomic mass is 10.1. The Balaban J connectivity index is 2.76. The van der Waals surface area contributed by atoms with Gasteiger partial charge in [0.2, 0.25) is 5.95 Å². The fraction of sp³-hybridized carbons (Fsp3) is 0.636. The first-order chi connectivity index (χ1) is 8.21. The Morgan fingerprint density at radius 1 is 1.47 bits per heavy atom. The van der Waals surface area contributed by atoms with E-state index in [1.165, 1.54) is 0 Å². The maximum atomic E-state index is 8.94. The third kappa shape index (κ3) is 4.36. The van der Waals surface area contributed by atoms with Crippen LogP contribution >= 0.6 is 11.6 Å². The molecule has 3 N–H and O–H groups in total. The summed E-state index contributed by atoms with van der Waals surface area (Å²) in [4.78, 5) is 8.35. The van der Waals surface area contributed by atoms with Crippen molar-refractivity contribution in [3.05, 3.63) is 11.2 Å². The lowest BCUT2D eigenvalue weighted by molar-refractivity contribution is 0.278. The molecule has 1 atom stereocenters. The molecule has 0 aromatic carbocycles. The van der Waals surface area contributed by atoms with E-state index < -0.39 is 0 Å². The summed E-state index contributed by atoms with van der Waals surface area (Å²) in [5.41, 5.74) is 0. The van der Waals surface area contributed by atoms with Crippen molar-refractivity contribution in [2.45, 2.75) is 32.7 Å². The highest BCUT2D eigenvalue weighted by molar-refractivity contribution is 6.32. The largest absolute Gasteiger partial charge is 0.396 e.